The van der Waals surface area contributed by atoms with Crippen molar-refractivity contribution in [2.24, 2.45) is 0 Å². The van der Waals surface area contributed by atoms with E-state index in [4.69, 9.17) is 0 Å². The number of carbonyl (C=O) groups is 1. The summed E-state index contributed by atoms with van der Waals surface area (Å²) in [6, 6.07) is 15.8. The fourth-order valence-electron chi connectivity index (χ4n) is 3.33. The molecule has 1 atom stereocenters. The molecule has 0 fully saturated rings. The molecule has 0 unspecified atom stereocenters. The van der Waals surface area contributed by atoms with E-state index in [2.05, 4.69) is 20.3 Å². The molecule has 0 saturated carbocycles. The molecule has 0 saturated heterocycles. The molecule has 33 heavy (non-hydrogen) atoms. The van der Waals surface area contributed by atoms with E-state index in [1.165, 1.54) is 29.1 Å². The van der Waals surface area contributed by atoms with Gasteiger partial charge in [0.1, 0.15) is 5.82 Å². The summed E-state index contributed by atoms with van der Waals surface area (Å²) in [6.45, 7) is 2.22. The number of aryl methyl sites for hydroxylation is 1. The van der Waals surface area contributed by atoms with Gasteiger partial charge in [-0.2, -0.15) is 0 Å². The number of nitrogens with one attached hydrogen (secondary N) is 1. The maximum absolute atomic E-state index is 14.0. The second kappa shape index (κ2) is 10.4. The number of aromatic nitrogens is 4. The molecule has 7 nitrogen and oxygen atoms in total. The summed E-state index contributed by atoms with van der Waals surface area (Å²) in [4.78, 5) is 39.0. The van der Waals surface area contributed by atoms with E-state index < -0.39 is 11.1 Å². The fourth-order valence-corrected chi connectivity index (χ4v) is 4.35. The van der Waals surface area contributed by atoms with Gasteiger partial charge >= 0.3 is 0 Å². The Balaban J connectivity index is 1.65. The largest absolute Gasteiger partial charge is 0.323 e. The Morgan fingerprint density at radius 2 is 1.82 bits per heavy atom. The minimum atomic E-state index is -0.589. The number of hydrogen-bond donors (Lipinski definition) is 1. The van der Waals surface area contributed by atoms with Crippen LogP contribution in [0.2, 0.25) is 0 Å². The number of hydrogen-bond acceptors (Lipinski definition) is 6. The van der Waals surface area contributed by atoms with E-state index in [1.807, 2.05) is 37.3 Å². The van der Waals surface area contributed by atoms with Crippen LogP contribution in [0.3, 0.4) is 0 Å². The lowest BCUT2D eigenvalue weighted by atomic mass is 10.1. The van der Waals surface area contributed by atoms with Gasteiger partial charge in [-0.3, -0.25) is 14.2 Å². The van der Waals surface area contributed by atoms with Crippen LogP contribution in [0.5, 0.6) is 0 Å². The van der Waals surface area contributed by atoms with Crippen LogP contribution in [0, 0.1) is 5.82 Å². The molecular weight excluding hydrogens is 441 g/mol. The third kappa shape index (κ3) is 5.25. The molecule has 0 spiro atoms. The molecule has 4 rings (SSSR count). The molecular formula is C24H22FN5O2S. The normalized spacial score (nSPS) is 11.9. The molecule has 2 heterocycles. The lowest BCUT2D eigenvalue weighted by Crippen LogP contribution is -2.29. The Morgan fingerprint density at radius 1 is 1.09 bits per heavy atom. The van der Waals surface area contributed by atoms with E-state index in [-0.39, 0.29) is 28.3 Å². The van der Waals surface area contributed by atoms with Crippen LogP contribution in [-0.4, -0.2) is 30.7 Å². The second-order valence-corrected chi connectivity index (χ2v) is 8.47. The molecule has 0 aliphatic carbocycles. The van der Waals surface area contributed by atoms with Crippen LogP contribution in [0.4, 0.5) is 10.1 Å². The predicted molar refractivity (Wildman–Crippen MR) is 127 cm³/mol. The van der Waals surface area contributed by atoms with E-state index in [0.717, 1.165) is 17.3 Å². The Hall–Kier alpha value is -3.59. The monoisotopic (exact) mass is 463 g/mol. The molecule has 0 radical (unpaired) electrons. The number of halogens is 1. The third-order valence-corrected chi connectivity index (χ3v) is 6.42. The molecule has 168 valence electrons. The minimum Gasteiger partial charge on any atom is -0.323 e. The zero-order chi connectivity index (χ0) is 23.2. The van der Waals surface area contributed by atoms with Crippen molar-refractivity contribution in [1.82, 2.24) is 19.5 Å². The highest BCUT2D eigenvalue weighted by Gasteiger charge is 2.23. The van der Waals surface area contributed by atoms with Crippen molar-refractivity contribution >= 4 is 34.5 Å². The van der Waals surface area contributed by atoms with Crippen molar-refractivity contribution in [3.63, 3.8) is 0 Å². The molecule has 9 heteroatoms. The van der Waals surface area contributed by atoms with E-state index in [1.54, 1.807) is 12.1 Å². The van der Waals surface area contributed by atoms with Crippen LogP contribution in [0.1, 0.15) is 18.9 Å². The van der Waals surface area contributed by atoms with Crippen LogP contribution in [0.25, 0.3) is 11.2 Å². The number of fused-ring (bicyclic) bond motifs is 1. The fraction of sp³-hybridized carbons (Fsp3) is 0.208. The van der Waals surface area contributed by atoms with E-state index >= 15 is 0 Å². The topological polar surface area (TPSA) is 89.8 Å². The van der Waals surface area contributed by atoms with Gasteiger partial charge < -0.3 is 5.32 Å². The maximum atomic E-state index is 14.0. The van der Waals surface area contributed by atoms with Gasteiger partial charge in [-0.15, -0.1) is 0 Å². The number of anilines is 1. The summed E-state index contributed by atoms with van der Waals surface area (Å²) in [6.07, 6.45) is 3.99. The Labute approximate surface area is 194 Å². The molecule has 0 bridgehead atoms. The molecule has 0 aliphatic rings. The zero-order valence-corrected chi connectivity index (χ0v) is 18.8. The zero-order valence-electron chi connectivity index (χ0n) is 17.9. The van der Waals surface area contributed by atoms with Crippen LogP contribution in [0.15, 0.2) is 76.9 Å². The van der Waals surface area contributed by atoms with Gasteiger partial charge in [-0.1, -0.05) is 61.2 Å². The summed E-state index contributed by atoms with van der Waals surface area (Å²) >= 11 is 1.16. The Bertz CT molecular complexity index is 1330. The number of benzene rings is 2. The van der Waals surface area contributed by atoms with Gasteiger partial charge in [0.15, 0.2) is 16.3 Å². The SMILES string of the molecule is CC[C@@H](Sc1nc2nccnc2c(=O)n1CCc1ccccc1)C(=O)Nc1ccccc1F. The van der Waals surface area contributed by atoms with Crippen LogP contribution < -0.4 is 10.9 Å². The van der Waals surface area contributed by atoms with Crippen molar-refractivity contribution in [3.8, 4) is 0 Å². The summed E-state index contributed by atoms with van der Waals surface area (Å²) in [5.41, 5.74) is 1.28. The summed E-state index contributed by atoms with van der Waals surface area (Å²) in [5.74, 6) is -0.875. The first kappa shape index (κ1) is 22.6. The van der Waals surface area contributed by atoms with Crippen LogP contribution in [-0.2, 0) is 17.8 Å². The Kier molecular flexibility index (Phi) is 7.09. The Morgan fingerprint density at radius 3 is 2.58 bits per heavy atom. The van der Waals surface area contributed by atoms with Gasteiger partial charge in [0.25, 0.3) is 5.56 Å². The highest BCUT2D eigenvalue weighted by Crippen LogP contribution is 2.26. The molecule has 1 N–H and O–H groups in total. The van der Waals surface area contributed by atoms with Gasteiger partial charge in [0.05, 0.1) is 10.9 Å². The number of carbonyl (C=O) groups excluding carboxylic acids is 1. The van der Waals surface area contributed by atoms with E-state index in [0.29, 0.717) is 24.5 Å². The van der Waals surface area contributed by atoms with Crippen molar-refractivity contribution in [2.45, 2.75) is 36.7 Å². The standard InChI is InChI=1S/C24H22FN5O2S/c1-2-19(22(31)28-18-11-7-6-10-17(18)25)33-24-29-21-20(26-13-14-27-21)23(32)30(24)15-12-16-8-4-3-5-9-16/h3-11,13-14,19H,2,12,15H2,1H3,(H,28,31)/t19-/m1/s1. The summed E-state index contributed by atoms with van der Waals surface area (Å²) in [5, 5.41) is 2.42. The van der Waals surface area contributed by atoms with Crippen molar-refractivity contribution in [3.05, 3.63) is 88.7 Å². The number of para-hydroxylation sites is 1. The first-order chi connectivity index (χ1) is 16.1. The summed E-state index contributed by atoms with van der Waals surface area (Å²) < 4.78 is 15.5. The molecule has 2 aromatic heterocycles. The average Bonchev–Trinajstić information content (AvgIpc) is 2.84. The number of amides is 1. The predicted octanol–water partition coefficient (Wildman–Crippen LogP) is 4.08. The smallest absolute Gasteiger partial charge is 0.282 e. The minimum absolute atomic E-state index is 0.111. The van der Waals surface area contributed by atoms with E-state index in [9.17, 15) is 14.0 Å². The van der Waals surface area contributed by atoms with Crippen LogP contribution >= 0.6 is 11.8 Å². The molecule has 1 amide bonds. The van der Waals surface area contributed by atoms with Crippen molar-refractivity contribution < 1.29 is 9.18 Å². The number of nitrogens with zero attached hydrogens (tertiary/aromatic N) is 4. The lowest BCUT2D eigenvalue weighted by Gasteiger charge is -2.18. The number of rotatable bonds is 8. The lowest BCUT2D eigenvalue weighted by molar-refractivity contribution is -0.115. The second-order valence-electron chi connectivity index (χ2n) is 7.30. The van der Waals surface area contributed by atoms with Crippen molar-refractivity contribution in [2.75, 3.05) is 5.32 Å². The molecule has 0 aliphatic heterocycles. The quantitative estimate of drug-likeness (QED) is 0.313. The first-order valence-electron chi connectivity index (χ1n) is 10.5. The number of thioether (sulfide) groups is 1. The van der Waals surface area contributed by atoms with Gasteiger partial charge in [0, 0.05) is 18.9 Å². The van der Waals surface area contributed by atoms with Gasteiger partial charge in [-0.25, -0.2) is 19.3 Å². The average molecular weight is 464 g/mol. The van der Waals surface area contributed by atoms with Gasteiger partial charge in [0.2, 0.25) is 5.91 Å². The first-order valence-corrected chi connectivity index (χ1v) is 11.4. The van der Waals surface area contributed by atoms with Crippen molar-refractivity contribution in [1.29, 1.82) is 0 Å². The highest BCUT2D eigenvalue weighted by molar-refractivity contribution is 8.00. The third-order valence-electron chi connectivity index (χ3n) is 5.07. The highest BCUT2D eigenvalue weighted by atomic mass is 32.2. The molecule has 4 aromatic rings. The maximum Gasteiger partial charge on any atom is 0.282 e. The molecule has 2 aromatic carbocycles. The van der Waals surface area contributed by atoms with Gasteiger partial charge in [-0.05, 0) is 30.5 Å². The summed E-state index contributed by atoms with van der Waals surface area (Å²) in [7, 11) is 0.